The minimum Gasteiger partial charge on any atom is -0.493 e. The van der Waals surface area contributed by atoms with Gasteiger partial charge in [-0.2, -0.15) is 0 Å². The van der Waals surface area contributed by atoms with Crippen LogP contribution < -0.4 is 20.1 Å². The predicted molar refractivity (Wildman–Crippen MR) is 104 cm³/mol. The number of anilines is 2. The summed E-state index contributed by atoms with van der Waals surface area (Å²) in [6.07, 6.45) is 0. The van der Waals surface area contributed by atoms with Gasteiger partial charge in [-0.05, 0) is 43.3 Å². The molecule has 2 aromatic rings. The second kappa shape index (κ2) is 9.15. The molecule has 0 aliphatic rings. The average Bonchev–Trinajstić information content (AvgIpc) is 2.61. The molecule has 2 rings (SSSR count). The van der Waals surface area contributed by atoms with E-state index >= 15 is 0 Å². The molecule has 0 saturated heterocycles. The lowest BCUT2D eigenvalue weighted by Gasteiger charge is -2.14. The first-order chi connectivity index (χ1) is 12.4. The van der Waals surface area contributed by atoms with Crippen LogP contribution in [0.3, 0.4) is 0 Å². The van der Waals surface area contributed by atoms with Crippen LogP contribution in [0.2, 0.25) is 0 Å². The molecule has 0 aromatic heterocycles. The molecule has 0 saturated carbocycles. The molecular weight excluding hydrogens is 352 g/mol. The number of ether oxygens (including phenoxy) is 2. The van der Waals surface area contributed by atoms with Crippen molar-refractivity contribution in [2.24, 2.45) is 0 Å². The maximum absolute atomic E-state index is 12.5. The lowest BCUT2D eigenvalue weighted by atomic mass is 10.2. The Bertz CT molecular complexity index is 795. The number of hydrogen-bond donors (Lipinski definition) is 2. The Labute approximate surface area is 157 Å². The summed E-state index contributed by atoms with van der Waals surface area (Å²) in [5.74, 6) is 0.965. The van der Waals surface area contributed by atoms with Gasteiger partial charge in [0.25, 0.3) is 0 Å². The molecule has 7 heteroatoms. The zero-order valence-electron chi connectivity index (χ0n) is 15.2. The smallest absolute Gasteiger partial charge is 0.237 e. The Kier molecular flexibility index (Phi) is 6.91. The molecule has 0 heterocycles. The maximum Gasteiger partial charge on any atom is 0.237 e. The third kappa shape index (κ3) is 5.42. The molecule has 0 aliphatic heterocycles. The summed E-state index contributed by atoms with van der Waals surface area (Å²) in [6, 6.07) is 12.6. The second-order valence-electron chi connectivity index (χ2n) is 5.53. The molecule has 2 aromatic carbocycles. The average molecular weight is 374 g/mol. The standard InChI is InChI=1S/C19H22N2O4S/c1-12(26-16-8-9-17(24-3)18(11-16)25-4)19(23)21-15-7-5-6-14(10-15)20-13(2)22/h5-12H,1-4H3,(H,20,22)(H,21,23)/t12-/m1/s1. The van der Waals surface area contributed by atoms with Crippen molar-refractivity contribution in [2.45, 2.75) is 24.0 Å². The van der Waals surface area contributed by atoms with E-state index in [1.807, 2.05) is 25.1 Å². The normalized spacial score (nSPS) is 11.4. The van der Waals surface area contributed by atoms with Crippen molar-refractivity contribution in [1.29, 1.82) is 0 Å². The van der Waals surface area contributed by atoms with Gasteiger partial charge in [0.1, 0.15) is 0 Å². The van der Waals surface area contributed by atoms with Gasteiger partial charge < -0.3 is 20.1 Å². The van der Waals surface area contributed by atoms with E-state index in [0.29, 0.717) is 22.9 Å². The van der Waals surface area contributed by atoms with Crippen LogP contribution in [-0.4, -0.2) is 31.3 Å². The minimum atomic E-state index is -0.322. The van der Waals surface area contributed by atoms with Crippen molar-refractivity contribution in [3.8, 4) is 11.5 Å². The Morgan fingerprint density at radius 2 is 1.62 bits per heavy atom. The summed E-state index contributed by atoms with van der Waals surface area (Å²) in [4.78, 5) is 24.5. The molecule has 0 spiro atoms. The van der Waals surface area contributed by atoms with Gasteiger partial charge in [0.05, 0.1) is 19.5 Å². The number of benzene rings is 2. The van der Waals surface area contributed by atoms with Crippen LogP contribution in [0.5, 0.6) is 11.5 Å². The molecule has 138 valence electrons. The van der Waals surface area contributed by atoms with E-state index in [1.165, 1.54) is 18.7 Å². The van der Waals surface area contributed by atoms with Crippen molar-refractivity contribution < 1.29 is 19.1 Å². The fraction of sp³-hybridized carbons (Fsp3) is 0.263. The monoisotopic (exact) mass is 374 g/mol. The highest BCUT2D eigenvalue weighted by molar-refractivity contribution is 8.00. The van der Waals surface area contributed by atoms with Gasteiger partial charge in [-0.15, -0.1) is 11.8 Å². The number of carbonyl (C=O) groups excluding carboxylic acids is 2. The summed E-state index contributed by atoms with van der Waals surface area (Å²) in [5, 5.41) is 5.23. The summed E-state index contributed by atoms with van der Waals surface area (Å²) < 4.78 is 10.5. The van der Waals surface area contributed by atoms with Crippen molar-refractivity contribution in [3.63, 3.8) is 0 Å². The zero-order valence-corrected chi connectivity index (χ0v) is 16.0. The van der Waals surface area contributed by atoms with Gasteiger partial charge in [-0.3, -0.25) is 9.59 Å². The molecule has 0 unspecified atom stereocenters. The van der Waals surface area contributed by atoms with E-state index in [-0.39, 0.29) is 17.1 Å². The highest BCUT2D eigenvalue weighted by atomic mass is 32.2. The Hall–Kier alpha value is -2.67. The van der Waals surface area contributed by atoms with Crippen LogP contribution >= 0.6 is 11.8 Å². The largest absolute Gasteiger partial charge is 0.493 e. The van der Waals surface area contributed by atoms with Gasteiger partial charge in [-0.25, -0.2) is 0 Å². The molecule has 1 atom stereocenters. The number of amides is 2. The van der Waals surface area contributed by atoms with E-state index < -0.39 is 0 Å². The molecule has 0 radical (unpaired) electrons. The molecule has 0 bridgehead atoms. The highest BCUT2D eigenvalue weighted by Crippen LogP contribution is 2.33. The minimum absolute atomic E-state index is 0.134. The first-order valence-corrected chi connectivity index (χ1v) is 8.88. The van der Waals surface area contributed by atoms with Gasteiger partial charge in [0.15, 0.2) is 11.5 Å². The van der Waals surface area contributed by atoms with E-state index in [9.17, 15) is 9.59 Å². The number of hydrogen-bond acceptors (Lipinski definition) is 5. The van der Waals surface area contributed by atoms with E-state index in [4.69, 9.17) is 9.47 Å². The van der Waals surface area contributed by atoms with Gasteiger partial charge in [-0.1, -0.05) is 6.07 Å². The number of carbonyl (C=O) groups is 2. The van der Waals surface area contributed by atoms with Crippen LogP contribution in [-0.2, 0) is 9.59 Å². The molecule has 0 aliphatic carbocycles. The van der Waals surface area contributed by atoms with Crippen LogP contribution in [0.1, 0.15) is 13.8 Å². The summed E-state index contributed by atoms with van der Waals surface area (Å²) in [6.45, 7) is 3.27. The Morgan fingerprint density at radius 1 is 0.962 bits per heavy atom. The summed E-state index contributed by atoms with van der Waals surface area (Å²) in [7, 11) is 3.15. The third-order valence-electron chi connectivity index (χ3n) is 3.49. The van der Waals surface area contributed by atoms with Crippen LogP contribution in [0.15, 0.2) is 47.4 Å². The van der Waals surface area contributed by atoms with Crippen LogP contribution in [0, 0.1) is 0 Å². The molecule has 0 fully saturated rings. The lowest BCUT2D eigenvalue weighted by Crippen LogP contribution is -2.22. The summed E-state index contributed by atoms with van der Waals surface area (Å²) >= 11 is 1.42. The highest BCUT2D eigenvalue weighted by Gasteiger charge is 2.16. The number of nitrogens with one attached hydrogen (secondary N) is 2. The molecule has 26 heavy (non-hydrogen) atoms. The van der Waals surface area contributed by atoms with E-state index in [0.717, 1.165) is 4.90 Å². The van der Waals surface area contributed by atoms with E-state index in [1.54, 1.807) is 38.5 Å². The second-order valence-corrected chi connectivity index (χ2v) is 6.94. The number of methoxy groups -OCH3 is 2. The quantitative estimate of drug-likeness (QED) is 0.721. The number of thioether (sulfide) groups is 1. The fourth-order valence-corrected chi connectivity index (χ4v) is 3.17. The first-order valence-electron chi connectivity index (χ1n) is 8.00. The molecular formula is C19H22N2O4S. The third-order valence-corrected chi connectivity index (χ3v) is 4.58. The van der Waals surface area contributed by atoms with Crippen molar-refractivity contribution in [2.75, 3.05) is 24.9 Å². The molecule has 2 N–H and O–H groups in total. The molecule has 6 nitrogen and oxygen atoms in total. The lowest BCUT2D eigenvalue weighted by molar-refractivity contribution is -0.115. The Balaban J connectivity index is 2.02. The molecule has 2 amide bonds. The van der Waals surface area contributed by atoms with Crippen LogP contribution in [0.25, 0.3) is 0 Å². The summed E-state index contributed by atoms with van der Waals surface area (Å²) in [5.41, 5.74) is 1.26. The van der Waals surface area contributed by atoms with Crippen molar-refractivity contribution in [3.05, 3.63) is 42.5 Å². The fourth-order valence-electron chi connectivity index (χ4n) is 2.27. The first kappa shape index (κ1) is 19.7. The van der Waals surface area contributed by atoms with Gasteiger partial charge in [0.2, 0.25) is 11.8 Å². The van der Waals surface area contributed by atoms with Gasteiger partial charge >= 0.3 is 0 Å². The Morgan fingerprint density at radius 3 is 2.23 bits per heavy atom. The topological polar surface area (TPSA) is 76.7 Å². The van der Waals surface area contributed by atoms with Gasteiger partial charge in [0, 0.05) is 23.2 Å². The SMILES string of the molecule is COc1ccc(S[C@H](C)C(=O)Nc2cccc(NC(C)=O)c2)cc1OC. The number of rotatable bonds is 7. The van der Waals surface area contributed by atoms with Crippen molar-refractivity contribution >= 4 is 35.0 Å². The van der Waals surface area contributed by atoms with Crippen molar-refractivity contribution in [1.82, 2.24) is 0 Å². The zero-order chi connectivity index (χ0) is 19.1. The van der Waals surface area contributed by atoms with E-state index in [2.05, 4.69) is 10.6 Å². The maximum atomic E-state index is 12.5. The predicted octanol–water partition coefficient (Wildman–Crippen LogP) is 3.78. The van der Waals surface area contributed by atoms with Crippen LogP contribution in [0.4, 0.5) is 11.4 Å².